The van der Waals surface area contributed by atoms with E-state index >= 15 is 0 Å². The summed E-state index contributed by atoms with van der Waals surface area (Å²) in [5.41, 5.74) is 1.93. The summed E-state index contributed by atoms with van der Waals surface area (Å²) in [5, 5.41) is 25.4. The number of hydrogen-bond donors (Lipinski definition) is 1. The average molecular weight is 373 g/mol. The Kier molecular flexibility index (Phi) is 4.90. The summed E-state index contributed by atoms with van der Waals surface area (Å²) in [6.07, 6.45) is 0. The quantitative estimate of drug-likeness (QED) is 0.543. The number of tetrazole rings is 1. The molecule has 0 saturated carbocycles. The fourth-order valence-electron chi connectivity index (χ4n) is 2.28. The molecule has 0 atom stereocenters. The number of aryl methyl sites for hydroxylation is 1. The maximum absolute atomic E-state index is 12.1. The molecule has 10 heteroatoms. The van der Waals surface area contributed by atoms with Crippen LogP contribution in [0.15, 0.2) is 42.5 Å². The number of nitrogens with zero attached hydrogens (tertiary/aromatic N) is 5. The Morgan fingerprint density at radius 1 is 1.31 bits per heavy atom. The van der Waals surface area contributed by atoms with Crippen molar-refractivity contribution in [2.24, 2.45) is 0 Å². The standard InChI is InChI=1S/C16H13ClN6O3/c1-10-4-2-3-5-12(10)16-19-21-22(20-16)9-15(24)18-14-7-6-11(23(25)26)8-13(14)17/h2-8H,9H2,1H3,(H,18,24). The first-order chi connectivity index (χ1) is 12.4. The Bertz CT molecular complexity index is 988. The molecule has 0 unspecified atom stereocenters. The molecule has 0 bridgehead atoms. The first-order valence-electron chi connectivity index (χ1n) is 7.51. The normalized spacial score (nSPS) is 10.5. The van der Waals surface area contributed by atoms with Gasteiger partial charge < -0.3 is 5.32 Å². The van der Waals surface area contributed by atoms with Crippen LogP contribution in [0.5, 0.6) is 0 Å². The molecule has 0 spiro atoms. The molecule has 1 N–H and O–H groups in total. The Morgan fingerprint density at radius 2 is 2.08 bits per heavy atom. The van der Waals surface area contributed by atoms with Gasteiger partial charge in [-0.2, -0.15) is 4.80 Å². The van der Waals surface area contributed by atoms with Gasteiger partial charge in [-0.1, -0.05) is 35.9 Å². The van der Waals surface area contributed by atoms with Crippen molar-refractivity contribution in [3.8, 4) is 11.4 Å². The number of aromatic nitrogens is 4. The van der Waals surface area contributed by atoms with Gasteiger partial charge in [0.2, 0.25) is 11.7 Å². The summed E-state index contributed by atoms with van der Waals surface area (Å²) in [7, 11) is 0. The van der Waals surface area contributed by atoms with Crippen LogP contribution in [0.2, 0.25) is 5.02 Å². The molecule has 0 aliphatic rings. The number of carbonyl (C=O) groups excluding carboxylic acids is 1. The first kappa shape index (κ1) is 17.5. The van der Waals surface area contributed by atoms with Gasteiger partial charge in [0.05, 0.1) is 15.6 Å². The number of nitro groups is 1. The van der Waals surface area contributed by atoms with Crippen molar-refractivity contribution < 1.29 is 9.72 Å². The van der Waals surface area contributed by atoms with Crippen LogP contribution in [0, 0.1) is 17.0 Å². The summed E-state index contributed by atoms with van der Waals surface area (Å²) in [5.74, 6) is -0.0150. The summed E-state index contributed by atoms with van der Waals surface area (Å²) in [6, 6.07) is 11.4. The molecular weight excluding hydrogens is 360 g/mol. The van der Waals surface area contributed by atoms with Crippen molar-refractivity contribution >= 4 is 28.9 Å². The molecular formula is C16H13ClN6O3. The van der Waals surface area contributed by atoms with Gasteiger partial charge in [0.15, 0.2) is 0 Å². The molecule has 26 heavy (non-hydrogen) atoms. The minimum atomic E-state index is -0.566. The monoisotopic (exact) mass is 372 g/mol. The summed E-state index contributed by atoms with van der Waals surface area (Å²) >= 11 is 5.95. The number of amides is 1. The van der Waals surface area contributed by atoms with E-state index in [0.717, 1.165) is 15.9 Å². The largest absolute Gasteiger partial charge is 0.323 e. The number of anilines is 1. The maximum atomic E-state index is 12.1. The van der Waals surface area contributed by atoms with Gasteiger partial charge in [0.25, 0.3) is 5.69 Å². The SMILES string of the molecule is Cc1ccccc1-c1nnn(CC(=O)Nc2ccc([N+](=O)[O-])cc2Cl)n1. The molecule has 0 aliphatic carbocycles. The fraction of sp³-hybridized carbons (Fsp3) is 0.125. The summed E-state index contributed by atoms with van der Waals surface area (Å²) < 4.78 is 0. The molecule has 2 aromatic carbocycles. The zero-order valence-corrected chi connectivity index (χ0v) is 14.3. The number of nitro benzene ring substituents is 1. The van der Waals surface area contributed by atoms with Gasteiger partial charge in [-0.15, -0.1) is 10.2 Å². The van der Waals surface area contributed by atoms with Crippen molar-refractivity contribution in [2.45, 2.75) is 13.5 Å². The molecule has 132 valence electrons. The molecule has 1 amide bonds. The van der Waals surface area contributed by atoms with Crippen molar-refractivity contribution in [3.05, 3.63) is 63.2 Å². The van der Waals surface area contributed by atoms with Gasteiger partial charge in [-0.05, 0) is 23.8 Å². The molecule has 9 nitrogen and oxygen atoms in total. The Hall–Kier alpha value is -3.33. The highest BCUT2D eigenvalue weighted by molar-refractivity contribution is 6.33. The zero-order chi connectivity index (χ0) is 18.7. The highest BCUT2D eigenvalue weighted by Crippen LogP contribution is 2.26. The van der Waals surface area contributed by atoms with E-state index in [1.165, 1.54) is 18.2 Å². The predicted octanol–water partition coefficient (Wildman–Crippen LogP) is 2.85. The van der Waals surface area contributed by atoms with Crippen LogP contribution in [-0.2, 0) is 11.3 Å². The molecule has 0 aliphatic heterocycles. The molecule has 0 saturated heterocycles. The Morgan fingerprint density at radius 3 is 2.77 bits per heavy atom. The lowest BCUT2D eigenvalue weighted by Gasteiger charge is -2.06. The van der Waals surface area contributed by atoms with E-state index in [1.54, 1.807) is 0 Å². The number of rotatable bonds is 5. The van der Waals surface area contributed by atoms with Crippen molar-refractivity contribution in [1.82, 2.24) is 20.2 Å². The van der Waals surface area contributed by atoms with Crippen LogP contribution in [0.25, 0.3) is 11.4 Å². The lowest BCUT2D eigenvalue weighted by molar-refractivity contribution is -0.384. The lowest BCUT2D eigenvalue weighted by Crippen LogP contribution is -2.20. The van der Waals surface area contributed by atoms with E-state index in [1.807, 2.05) is 31.2 Å². The van der Waals surface area contributed by atoms with Gasteiger partial charge in [-0.3, -0.25) is 14.9 Å². The van der Waals surface area contributed by atoms with Gasteiger partial charge in [0, 0.05) is 17.7 Å². The highest BCUT2D eigenvalue weighted by atomic mass is 35.5. The molecule has 0 radical (unpaired) electrons. The molecule has 0 fully saturated rings. The van der Waals surface area contributed by atoms with E-state index in [2.05, 4.69) is 20.7 Å². The van der Waals surface area contributed by atoms with E-state index in [9.17, 15) is 14.9 Å². The van der Waals surface area contributed by atoms with Crippen LogP contribution in [-0.4, -0.2) is 31.0 Å². The number of nitrogens with one attached hydrogen (secondary N) is 1. The third-order valence-electron chi connectivity index (χ3n) is 3.56. The molecule has 3 aromatic rings. The highest BCUT2D eigenvalue weighted by Gasteiger charge is 2.14. The topological polar surface area (TPSA) is 116 Å². The number of halogens is 1. The van der Waals surface area contributed by atoms with Gasteiger partial charge in [-0.25, -0.2) is 0 Å². The van der Waals surface area contributed by atoms with E-state index in [4.69, 9.17) is 11.6 Å². The minimum absolute atomic E-state index is 0.0692. The molecule has 1 aromatic heterocycles. The zero-order valence-electron chi connectivity index (χ0n) is 13.6. The number of benzene rings is 2. The third-order valence-corrected chi connectivity index (χ3v) is 3.87. The predicted molar refractivity (Wildman–Crippen MR) is 94.7 cm³/mol. The fourth-order valence-corrected chi connectivity index (χ4v) is 2.50. The lowest BCUT2D eigenvalue weighted by atomic mass is 10.1. The van der Waals surface area contributed by atoms with Crippen molar-refractivity contribution in [1.29, 1.82) is 0 Å². The smallest absolute Gasteiger partial charge is 0.271 e. The van der Waals surface area contributed by atoms with Gasteiger partial charge in [0.1, 0.15) is 6.54 Å². The summed E-state index contributed by atoms with van der Waals surface area (Å²) in [6.45, 7) is 1.76. The van der Waals surface area contributed by atoms with Crippen LogP contribution < -0.4 is 5.32 Å². The second-order valence-corrected chi connectivity index (χ2v) is 5.84. The third kappa shape index (κ3) is 3.83. The average Bonchev–Trinajstić information content (AvgIpc) is 3.05. The van der Waals surface area contributed by atoms with Crippen molar-refractivity contribution in [2.75, 3.05) is 5.32 Å². The Balaban J connectivity index is 1.70. The second-order valence-electron chi connectivity index (χ2n) is 5.43. The van der Waals surface area contributed by atoms with Crippen LogP contribution >= 0.6 is 11.6 Å². The minimum Gasteiger partial charge on any atom is -0.323 e. The number of non-ortho nitro benzene ring substituents is 1. The van der Waals surface area contributed by atoms with Crippen LogP contribution in [0.3, 0.4) is 0 Å². The molecule has 3 rings (SSSR count). The first-order valence-corrected chi connectivity index (χ1v) is 7.89. The van der Waals surface area contributed by atoms with E-state index in [-0.39, 0.29) is 22.9 Å². The maximum Gasteiger partial charge on any atom is 0.271 e. The number of carbonyl (C=O) groups is 1. The van der Waals surface area contributed by atoms with E-state index in [0.29, 0.717) is 5.82 Å². The second kappa shape index (κ2) is 7.28. The number of hydrogen-bond acceptors (Lipinski definition) is 6. The van der Waals surface area contributed by atoms with Crippen molar-refractivity contribution in [3.63, 3.8) is 0 Å². The van der Waals surface area contributed by atoms with Crippen LogP contribution in [0.1, 0.15) is 5.56 Å². The summed E-state index contributed by atoms with van der Waals surface area (Å²) in [4.78, 5) is 23.4. The van der Waals surface area contributed by atoms with E-state index < -0.39 is 10.8 Å². The van der Waals surface area contributed by atoms with Crippen LogP contribution in [0.4, 0.5) is 11.4 Å². The van der Waals surface area contributed by atoms with Gasteiger partial charge >= 0.3 is 0 Å². The molecule has 1 heterocycles. The Labute approximate surface area is 152 Å².